The minimum atomic E-state index is 0.807. The monoisotopic (exact) mass is 225 g/mol. The summed E-state index contributed by atoms with van der Waals surface area (Å²) < 4.78 is 5.29. The lowest BCUT2D eigenvalue weighted by Gasteiger charge is -2.08. The van der Waals surface area contributed by atoms with E-state index in [0.29, 0.717) is 0 Å². The Labute approximate surface area is 96.2 Å². The highest BCUT2D eigenvalue weighted by molar-refractivity contribution is 7.98. The molecule has 3 heteroatoms. The van der Waals surface area contributed by atoms with Crippen LogP contribution in [0.4, 0.5) is 5.69 Å². The summed E-state index contributed by atoms with van der Waals surface area (Å²) >= 11 is 1.93. The van der Waals surface area contributed by atoms with Crippen molar-refractivity contribution in [3.8, 4) is 5.75 Å². The van der Waals surface area contributed by atoms with E-state index in [1.54, 1.807) is 7.11 Å². The van der Waals surface area contributed by atoms with E-state index in [-0.39, 0.29) is 0 Å². The fraction of sp³-hybridized carbons (Fsp3) is 0.500. The number of ether oxygens (including phenoxy) is 1. The summed E-state index contributed by atoms with van der Waals surface area (Å²) in [7, 11) is 1.70. The fourth-order valence-electron chi connectivity index (χ4n) is 1.34. The molecule has 1 aromatic carbocycles. The average molecular weight is 225 g/mol. The van der Waals surface area contributed by atoms with Crippen LogP contribution in [-0.2, 0) is 5.75 Å². The van der Waals surface area contributed by atoms with Crippen molar-refractivity contribution >= 4 is 17.4 Å². The van der Waals surface area contributed by atoms with Gasteiger partial charge in [0.05, 0.1) is 7.11 Å². The Balaban J connectivity index is 2.54. The summed E-state index contributed by atoms with van der Waals surface area (Å²) in [5.74, 6) is 3.12. The molecule has 15 heavy (non-hydrogen) atoms. The SMILES string of the molecule is CCCCSCc1cc(N)ccc1OC. The van der Waals surface area contributed by atoms with E-state index in [1.165, 1.54) is 24.2 Å². The van der Waals surface area contributed by atoms with Gasteiger partial charge < -0.3 is 10.5 Å². The molecule has 0 radical (unpaired) electrons. The van der Waals surface area contributed by atoms with Gasteiger partial charge in [-0.1, -0.05) is 13.3 Å². The smallest absolute Gasteiger partial charge is 0.123 e. The summed E-state index contributed by atoms with van der Waals surface area (Å²) in [5.41, 5.74) is 7.75. The van der Waals surface area contributed by atoms with Crippen molar-refractivity contribution in [1.82, 2.24) is 0 Å². The molecule has 0 heterocycles. The number of nitrogen functional groups attached to an aromatic ring is 1. The topological polar surface area (TPSA) is 35.2 Å². The molecule has 0 fully saturated rings. The lowest BCUT2D eigenvalue weighted by molar-refractivity contribution is 0.411. The minimum absolute atomic E-state index is 0.807. The Kier molecular flexibility index (Phi) is 5.40. The number of nitrogens with two attached hydrogens (primary N) is 1. The van der Waals surface area contributed by atoms with Crippen LogP contribution < -0.4 is 10.5 Å². The van der Waals surface area contributed by atoms with Gasteiger partial charge >= 0.3 is 0 Å². The van der Waals surface area contributed by atoms with E-state index in [1.807, 2.05) is 30.0 Å². The van der Waals surface area contributed by atoms with Gasteiger partial charge in [0.25, 0.3) is 0 Å². The molecule has 0 saturated carbocycles. The van der Waals surface area contributed by atoms with Crippen LogP contribution >= 0.6 is 11.8 Å². The van der Waals surface area contributed by atoms with Gasteiger partial charge in [0.15, 0.2) is 0 Å². The average Bonchev–Trinajstić information content (AvgIpc) is 2.25. The number of benzene rings is 1. The molecule has 0 unspecified atom stereocenters. The van der Waals surface area contributed by atoms with E-state index < -0.39 is 0 Å². The molecule has 2 N–H and O–H groups in total. The molecule has 1 rings (SSSR count). The van der Waals surface area contributed by atoms with Gasteiger partial charge in [-0.05, 0) is 30.4 Å². The number of hydrogen-bond donors (Lipinski definition) is 1. The number of thioether (sulfide) groups is 1. The third kappa shape index (κ3) is 4.04. The van der Waals surface area contributed by atoms with Crippen LogP contribution in [0.5, 0.6) is 5.75 Å². The molecule has 2 nitrogen and oxygen atoms in total. The number of anilines is 1. The van der Waals surface area contributed by atoms with Gasteiger partial charge in [-0.25, -0.2) is 0 Å². The Morgan fingerprint density at radius 2 is 2.20 bits per heavy atom. The molecule has 0 bridgehead atoms. The molecule has 84 valence electrons. The molecular formula is C12H19NOS. The van der Waals surface area contributed by atoms with Crippen molar-refractivity contribution in [3.05, 3.63) is 23.8 Å². The van der Waals surface area contributed by atoms with Gasteiger partial charge in [-0.2, -0.15) is 11.8 Å². The van der Waals surface area contributed by atoms with Crippen LogP contribution in [0.25, 0.3) is 0 Å². The third-order valence-corrected chi connectivity index (χ3v) is 3.30. The van der Waals surface area contributed by atoms with Crippen LogP contribution in [-0.4, -0.2) is 12.9 Å². The van der Waals surface area contributed by atoms with Gasteiger partial charge in [0.2, 0.25) is 0 Å². The van der Waals surface area contributed by atoms with E-state index in [2.05, 4.69) is 6.92 Å². The minimum Gasteiger partial charge on any atom is -0.496 e. The second-order valence-corrected chi connectivity index (χ2v) is 4.58. The molecule has 0 aromatic heterocycles. The first-order chi connectivity index (χ1) is 7.27. The van der Waals surface area contributed by atoms with Crippen LogP contribution in [0, 0.1) is 0 Å². The second kappa shape index (κ2) is 6.62. The highest BCUT2D eigenvalue weighted by Crippen LogP contribution is 2.25. The predicted molar refractivity (Wildman–Crippen MR) is 68.5 cm³/mol. The zero-order valence-electron chi connectivity index (χ0n) is 9.45. The van der Waals surface area contributed by atoms with Crippen LogP contribution in [0.15, 0.2) is 18.2 Å². The highest BCUT2D eigenvalue weighted by Gasteiger charge is 2.02. The number of methoxy groups -OCH3 is 1. The summed E-state index contributed by atoms with van der Waals surface area (Å²) in [5, 5.41) is 0. The molecule has 0 aliphatic carbocycles. The van der Waals surface area contributed by atoms with E-state index in [9.17, 15) is 0 Å². The first kappa shape index (κ1) is 12.2. The largest absolute Gasteiger partial charge is 0.496 e. The lowest BCUT2D eigenvalue weighted by Crippen LogP contribution is -1.93. The van der Waals surface area contributed by atoms with Crippen molar-refractivity contribution in [2.24, 2.45) is 0 Å². The summed E-state index contributed by atoms with van der Waals surface area (Å²) in [4.78, 5) is 0. The van der Waals surface area contributed by atoms with E-state index in [4.69, 9.17) is 10.5 Å². The predicted octanol–water partition coefficient (Wildman–Crippen LogP) is 3.31. The number of hydrogen-bond acceptors (Lipinski definition) is 3. The molecule has 0 aliphatic rings. The van der Waals surface area contributed by atoms with Crippen molar-refractivity contribution in [1.29, 1.82) is 0 Å². The van der Waals surface area contributed by atoms with Gasteiger partial charge in [-0.3, -0.25) is 0 Å². The molecule has 0 amide bonds. The lowest BCUT2D eigenvalue weighted by atomic mass is 10.2. The standard InChI is InChI=1S/C12H19NOS/c1-3-4-7-15-9-10-8-11(13)5-6-12(10)14-2/h5-6,8H,3-4,7,9,13H2,1-2H3. The Morgan fingerprint density at radius 3 is 2.87 bits per heavy atom. The molecule has 0 aliphatic heterocycles. The van der Waals surface area contributed by atoms with Gasteiger partial charge in [0, 0.05) is 17.0 Å². The Morgan fingerprint density at radius 1 is 1.40 bits per heavy atom. The van der Waals surface area contributed by atoms with E-state index in [0.717, 1.165) is 17.2 Å². The first-order valence-corrected chi connectivity index (χ1v) is 6.43. The van der Waals surface area contributed by atoms with Crippen LogP contribution in [0.1, 0.15) is 25.3 Å². The third-order valence-electron chi connectivity index (χ3n) is 2.20. The summed E-state index contributed by atoms with van der Waals surface area (Å²) in [6.07, 6.45) is 2.52. The molecular weight excluding hydrogens is 206 g/mol. The zero-order chi connectivity index (χ0) is 11.1. The summed E-state index contributed by atoms with van der Waals surface area (Å²) in [6, 6.07) is 5.81. The summed E-state index contributed by atoms with van der Waals surface area (Å²) in [6.45, 7) is 2.21. The normalized spacial score (nSPS) is 10.3. The Bertz CT molecular complexity index is 302. The first-order valence-electron chi connectivity index (χ1n) is 5.28. The van der Waals surface area contributed by atoms with Crippen molar-refractivity contribution in [3.63, 3.8) is 0 Å². The highest BCUT2D eigenvalue weighted by atomic mass is 32.2. The Hall–Kier alpha value is -0.830. The fourth-order valence-corrected chi connectivity index (χ4v) is 2.42. The molecule has 0 atom stereocenters. The number of unbranched alkanes of at least 4 members (excludes halogenated alkanes) is 1. The van der Waals surface area contributed by atoms with Crippen molar-refractivity contribution < 1.29 is 4.74 Å². The van der Waals surface area contributed by atoms with Crippen molar-refractivity contribution in [2.75, 3.05) is 18.6 Å². The van der Waals surface area contributed by atoms with Crippen LogP contribution in [0.3, 0.4) is 0 Å². The quantitative estimate of drug-likeness (QED) is 0.596. The van der Waals surface area contributed by atoms with Gasteiger partial charge in [0.1, 0.15) is 5.75 Å². The maximum Gasteiger partial charge on any atom is 0.123 e. The van der Waals surface area contributed by atoms with Crippen molar-refractivity contribution in [2.45, 2.75) is 25.5 Å². The zero-order valence-corrected chi connectivity index (χ0v) is 10.3. The van der Waals surface area contributed by atoms with Gasteiger partial charge in [-0.15, -0.1) is 0 Å². The molecule has 0 spiro atoms. The molecule has 0 saturated heterocycles. The van der Waals surface area contributed by atoms with E-state index >= 15 is 0 Å². The van der Waals surface area contributed by atoms with Crippen LogP contribution in [0.2, 0.25) is 0 Å². The number of rotatable bonds is 6. The maximum absolute atomic E-state index is 5.75. The molecule has 1 aromatic rings. The maximum atomic E-state index is 5.75. The second-order valence-electron chi connectivity index (χ2n) is 3.48.